The van der Waals surface area contributed by atoms with E-state index in [1.54, 1.807) is 0 Å². The van der Waals surface area contributed by atoms with E-state index in [9.17, 15) is 4.79 Å². The first-order chi connectivity index (χ1) is 8.65. The van der Waals surface area contributed by atoms with Crippen LogP contribution in [0, 0.1) is 11.3 Å². The summed E-state index contributed by atoms with van der Waals surface area (Å²) in [6.45, 7) is 1.92. The molecule has 0 unspecified atom stereocenters. The standard InChI is InChI=1S/C13H11N3OS/c1-9-8-18-13(11(7-14)12(15)17)16(9)10-5-3-2-4-6-10/h2-6,8H,1H3,(H2,15,17)/b13-11+. The van der Waals surface area contributed by atoms with Crippen molar-refractivity contribution in [3.05, 3.63) is 52.0 Å². The number of carbonyl (C=O) groups excluding carboxylic acids is 1. The lowest BCUT2D eigenvalue weighted by molar-refractivity contribution is -0.114. The zero-order valence-corrected chi connectivity index (χ0v) is 10.6. The first-order valence-electron chi connectivity index (χ1n) is 5.28. The number of amides is 1. The van der Waals surface area contributed by atoms with Gasteiger partial charge in [-0.2, -0.15) is 5.26 Å². The summed E-state index contributed by atoms with van der Waals surface area (Å²) >= 11 is 1.33. The van der Waals surface area contributed by atoms with Crippen LogP contribution in [0.1, 0.15) is 6.92 Å². The highest BCUT2D eigenvalue weighted by Crippen LogP contribution is 2.39. The van der Waals surface area contributed by atoms with Crippen LogP contribution in [0.3, 0.4) is 0 Å². The number of thioether (sulfide) groups is 1. The van der Waals surface area contributed by atoms with Gasteiger partial charge in [-0.05, 0) is 24.5 Å². The van der Waals surface area contributed by atoms with E-state index in [-0.39, 0.29) is 5.57 Å². The van der Waals surface area contributed by atoms with Crippen molar-refractivity contribution in [3.8, 4) is 6.07 Å². The van der Waals surface area contributed by atoms with Gasteiger partial charge >= 0.3 is 0 Å². The molecule has 1 aromatic carbocycles. The number of allylic oxidation sites excluding steroid dienone is 1. The number of rotatable bonds is 2. The van der Waals surface area contributed by atoms with Gasteiger partial charge in [0.25, 0.3) is 5.91 Å². The second-order valence-corrected chi connectivity index (χ2v) is 4.56. The largest absolute Gasteiger partial charge is 0.365 e. The van der Waals surface area contributed by atoms with E-state index in [2.05, 4.69) is 0 Å². The molecule has 0 atom stereocenters. The lowest BCUT2D eigenvalue weighted by Crippen LogP contribution is -2.21. The molecule has 18 heavy (non-hydrogen) atoms. The third kappa shape index (κ3) is 2.11. The number of primary amides is 1. The van der Waals surface area contributed by atoms with Crippen molar-refractivity contribution < 1.29 is 4.79 Å². The Bertz CT molecular complexity index is 584. The van der Waals surface area contributed by atoms with E-state index in [4.69, 9.17) is 11.0 Å². The van der Waals surface area contributed by atoms with E-state index >= 15 is 0 Å². The van der Waals surface area contributed by atoms with Crippen LogP contribution in [0.15, 0.2) is 52.0 Å². The number of nitriles is 1. The molecular formula is C13H11N3OS. The van der Waals surface area contributed by atoms with Crippen molar-refractivity contribution in [1.82, 2.24) is 0 Å². The lowest BCUT2D eigenvalue weighted by Gasteiger charge is -2.22. The van der Waals surface area contributed by atoms with Gasteiger partial charge < -0.3 is 10.6 Å². The number of nitrogens with zero attached hydrogens (tertiary/aromatic N) is 2. The minimum Gasteiger partial charge on any atom is -0.365 e. The van der Waals surface area contributed by atoms with E-state index in [0.717, 1.165) is 11.4 Å². The molecule has 0 aromatic heterocycles. The molecule has 0 bridgehead atoms. The molecule has 0 saturated heterocycles. The molecule has 90 valence electrons. The van der Waals surface area contributed by atoms with Crippen molar-refractivity contribution in [2.45, 2.75) is 6.92 Å². The number of anilines is 1. The van der Waals surface area contributed by atoms with Gasteiger partial charge in [-0.15, -0.1) is 0 Å². The Balaban J connectivity index is 2.53. The highest BCUT2D eigenvalue weighted by molar-refractivity contribution is 8.06. The Morgan fingerprint density at radius 3 is 2.61 bits per heavy atom. The van der Waals surface area contributed by atoms with Gasteiger partial charge in [0.15, 0.2) is 0 Å². The summed E-state index contributed by atoms with van der Waals surface area (Å²) in [6, 6.07) is 11.4. The predicted octanol–water partition coefficient (Wildman–Crippen LogP) is 2.32. The zero-order chi connectivity index (χ0) is 13.1. The lowest BCUT2D eigenvalue weighted by atomic mass is 10.2. The van der Waals surface area contributed by atoms with Crippen LogP contribution in [0.2, 0.25) is 0 Å². The first kappa shape index (κ1) is 12.3. The van der Waals surface area contributed by atoms with Gasteiger partial charge in [-0.25, -0.2) is 0 Å². The minimum absolute atomic E-state index is 0.0167. The summed E-state index contributed by atoms with van der Waals surface area (Å²) in [5, 5.41) is 11.5. The summed E-state index contributed by atoms with van der Waals surface area (Å²) in [4.78, 5) is 13.1. The quantitative estimate of drug-likeness (QED) is 0.652. The molecule has 1 heterocycles. The number of para-hydroxylation sites is 1. The maximum Gasteiger partial charge on any atom is 0.262 e. The van der Waals surface area contributed by atoms with Crippen LogP contribution >= 0.6 is 11.8 Å². The summed E-state index contributed by atoms with van der Waals surface area (Å²) in [6.07, 6.45) is 0. The van der Waals surface area contributed by atoms with Crippen LogP contribution in [-0.2, 0) is 4.79 Å². The van der Waals surface area contributed by atoms with Gasteiger partial charge in [0, 0.05) is 11.4 Å². The summed E-state index contributed by atoms with van der Waals surface area (Å²) in [7, 11) is 0. The highest BCUT2D eigenvalue weighted by Gasteiger charge is 2.25. The Morgan fingerprint density at radius 2 is 2.06 bits per heavy atom. The molecule has 0 spiro atoms. The van der Waals surface area contributed by atoms with Crippen LogP contribution in [0.25, 0.3) is 0 Å². The Labute approximate surface area is 109 Å². The molecule has 1 aliphatic heterocycles. The number of nitrogens with two attached hydrogens (primary N) is 1. The van der Waals surface area contributed by atoms with Gasteiger partial charge in [0.1, 0.15) is 16.7 Å². The van der Waals surface area contributed by atoms with E-state index < -0.39 is 5.91 Å². The maximum atomic E-state index is 11.3. The van der Waals surface area contributed by atoms with Crippen molar-refractivity contribution in [2.75, 3.05) is 4.90 Å². The third-order valence-corrected chi connectivity index (χ3v) is 3.55. The zero-order valence-electron chi connectivity index (χ0n) is 9.75. The minimum atomic E-state index is -0.705. The molecular weight excluding hydrogens is 246 g/mol. The average molecular weight is 257 g/mol. The number of hydrogen-bond donors (Lipinski definition) is 1. The molecule has 2 rings (SSSR count). The van der Waals surface area contributed by atoms with Crippen molar-refractivity contribution in [2.24, 2.45) is 5.73 Å². The van der Waals surface area contributed by atoms with Crippen LogP contribution < -0.4 is 10.6 Å². The van der Waals surface area contributed by atoms with Crippen LogP contribution in [0.5, 0.6) is 0 Å². The van der Waals surface area contributed by atoms with Gasteiger partial charge in [0.2, 0.25) is 0 Å². The average Bonchev–Trinajstić information content (AvgIpc) is 2.73. The third-order valence-electron chi connectivity index (χ3n) is 2.48. The molecule has 0 radical (unpaired) electrons. The molecule has 0 saturated carbocycles. The Hall–Kier alpha value is -2.19. The van der Waals surface area contributed by atoms with Crippen molar-refractivity contribution in [3.63, 3.8) is 0 Å². The van der Waals surface area contributed by atoms with Crippen LogP contribution in [-0.4, -0.2) is 5.91 Å². The van der Waals surface area contributed by atoms with Crippen molar-refractivity contribution >= 4 is 23.4 Å². The molecule has 1 aliphatic rings. The first-order valence-corrected chi connectivity index (χ1v) is 6.16. The van der Waals surface area contributed by atoms with Crippen LogP contribution in [0.4, 0.5) is 5.69 Å². The fourth-order valence-electron chi connectivity index (χ4n) is 1.68. The summed E-state index contributed by atoms with van der Waals surface area (Å²) in [5.74, 6) is -0.705. The van der Waals surface area contributed by atoms with Gasteiger partial charge in [-0.3, -0.25) is 4.79 Å². The summed E-state index contributed by atoms with van der Waals surface area (Å²) in [5.41, 5.74) is 7.07. The molecule has 1 amide bonds. The number of carbonyl (C=O) groups is 1. The molecule has 0 aliphatic carbocycles. The Morgan fingerprint density at radius 1 is 1.39 bits per heavy atom. The predicted molar refractivity (Wildman–Crippen MR) is 72.1 cm³/mol. The fraction of sp³-hybridized carbons (Fsp3) is 0.0769. The van der Waals surface area contributed by atoms with E-state index in [1.807, 2.05) is 53.6 Å². The molecule has 4 nitrogen and oxygen atoms in total. The topological polar surface area (TPSA) is 70.1 Å². The number of hydrogen-bond acceptors (Lipinski definition) is 4. The van der Waals surface area contributed by atoms with Gasteiger partial charge in [0.05, 0.1) is 0 Å². The highest BCUT2D eigenvalue weighted by atomic mass is 32.2. The van der Waals surface area contributed by atoms with E-state index in [0.29, 0.717) is 5.03 Å². The summed E-state index contributed by atoms with van der Waals surface area (Å²) < 4.78 is 0. The Kier molecular flexibility index (Phi) is 3.40. The van der Waals surface area contributed by atoms with Crippen molar-refractivity contribution in [1.29, 1.82) is 5.26 Å². The second-order valence-electron chi connectivity index (χ2n) is 3.70. The van der Waals surface area contributed by atoms with E-state index in [1.165, 1.54) is 11.8 Å². The van der Waals surface area contributed by atoms with Gasteiger partial charge in [-0.1, -0.05) is 30.0 Å². The smallest absolute Gasteiger partial charge is 0.262 e. The molecule has 2 N–H and O–H groups in total. The normalized spacial score (nSPS) is 17.1. The monoisotopic (exact) mass is 257 g/mol. The second kappa shape index (κ2) is 4.98. The molecule has 5 heteroatoms. The SMILES string of the molecule is CC1=CS/C(=C(\C#N)C(N)=O)N1c1ccccc1. The fourth-order valence-corrected chi connectivity index (χ4v) is 2.69. The number of benzene rings is 1. The molecule has 1 aromatic rings. The maximum absolute atomic E-state index is 11.3. The molecule has 0 fully saturated rings.